The highest BCUT2D eigenvalue weighted by Crippen LogP contribution is 2.23. The van der Waals surface area contributed by atoms with Crippen LogP contribution in [0.4, 0.5) is 0 Å². The molecule has 0 aliphatic carbocycles. The lowest BCUT2D eigenvalue weighted by molar-refractivity contribution is 0.0827. The van der Waals surface area contributed by atoms with E-state index in [-0.39, 0.29) is 11.8 Å². The zero-order chi connectivity index (χ0) is 20.2. The summed E-state index contributed by atoms with van der Waals surface area (Å²) >= 11 is 0. The van der Waals surface area contributed by atoms with E-state index < -0.39 is 15.3 Å². The van der Waals surface area contributed by atoms with Gasteiger partial charge in [0.1, 0.15) is 0 Å². The molecule has 0 spiro atoms. The average molecular weight is 389 g/mol. The highest BCUT2D eigenvalue weighted by atomic mass is 32.2. The van der Waals surface area contributed by atoms with Crippen LogP contribution in [0.5, 0.6) is 0 Å². The molecule has 2 aromatic rings. The second-order valence-corrected chi connectivity index (χ2v) is 9.56. The molecule has 146 valence electrons. The molecule has 1 unspecified atom stereocenters. The Hall–Kier alpha value is -2.18. The maximum Gasteiger partial charge on any atom is 0.253 e. The predicted octanol–water partition coefficient (Wildman–Crippen LogP) is 3.49. The van der Waals surface area contributed by atoms with E-state index in [1.165, 1.54) is 0 Å². The van der Waals surface area contributed by atoms with Gasteiger partial charge in [-0.3, -0.25) is 4.79 Å². The standard InChI is InChI=1S/C21H28N2O3S/c1-15(2)27(25,26)22-14-16(3)17-6-8-18(9-7-17)19-10-12-20(13-11-19)21(24)23(4)5/h6-13,15-16,22H,14H2,1-5H3. The molecule has 27 heavy (non-hydrogen) atoms. The van der Waals surface area contributed by atoms with Gasteiger partial charge >= 0.3 is 0 Å². The number of nitrogens with zero attached hydrogens (tertiary/aromatic N) is 1. The zero-order valence-corrected chi connectivity index (χ0v) is 17.4. The first-order chi connectivity index (χ1) is 12.6. The fourth-order valence-electron chi connectivity index (χ4n) is 2.59. The Bertz CT molecular complexity index is 871. The Kier molecular flexibility index (Phi) is 6.78. The normalized spacial score (nSPS) is 12.8. The van der Waals surface area contributed by atoms with E-state index in [0.29, 0.717) is 12.1 Å². The number of carbonyl (C=O) groups excluding carboxylic acids is 1. The van der Waals surface area contributed by atoms with Crippen LogP contribution in [-0.2, 0) is 10.0 Å². The van der Waals surface area contributed by atoms with Crippen LogP contribution in [0.3, 0.4) is 0 Å². The van der Waals surface area contributed by atoms with Gasteiger partial charge < -0.3 is 4.90 Å². The molecule has 2 rings (SSSR count). The summed E-state index contributed by atoms with van der Waals surface area (Å²) in [7, 11) is 0.216. The molecule has 1 atom stereocenters. The molecule has 1 amide bonds. The molecule has 0 heterocycles. The van der Waals surface area contributed by atoms with E-state index in [9.17, 15) is 13.2 Å². The van der Waals surface area contributed by atoms with Crippen LogP contribution in [0.25, 0.3) is 11.1 Å². The Labute approximate surface area is 162 Å². The second-order valence-electron chi connectivity index (χ2n) is 7.24. The molecule has 0 radical (unpaired) electrons. The van der Waals surface area contributed by atoms with Crippen molar-refractivity contribution in [2.75, 3.05) is 20.6 Å². The lowest BCUT2D eigenvalue weighted by Crippen LogP contribution is -2.33. The summed E-state index contributed by atoms with van der Waals surface area (Å²) in [5.74, 6) is 0.0576. The van der Waals surface area contributed by atoms with Crippen molar-refractivity contribution in [1.82, 2.24) is 9.62 Å². The topological polar surface area (TPSA) is 66.5 Å². The number of sulfonamides is 1. The summed E-state index contributed by atoms with van der Waals surface area (Å²) in [6.45, 7) is 5.71. The van der Waals surface area contributed by atoms with Crippen molar-refractivity contribution in [3.8, 4) is 11.1 Å². The number of amides is 1. The molecule has 0 aromatic heterocycles. The summed E-state index contributed by atoms with van der Waals surface area (Å²) in [6, 6.07) is 15.6. The lowest BCUT2D eigenvalue weighted by Gasteiger charge is -2.15. The van der Waals surface area contributed by atoms with E-state index in [1.807, 2.05) is 55.5 Å². The third-order valence-electron chi connectivity index (χ3n) is 4.56. The number of carbonyl (C=O) groups is 1. The molecule has 6 heteroatoms. The smallest absolute Gasteiger partial charge is 0.253 e. The van der Waals surface area contributed by atoms with Crippen LogP contribution in [0.2, 0.25) is 0 Å². The number of hydrogen-bond acceptors (Lipinski definition) is 3. The van der Waals surface area contributed by atoms with Gasteiger partial charge in [-0.1, -0.05) is 43.3 Å². The van der Waals surface area contributed by atoms with Crippen molar-refractivity contribution < 1.29 is 13.2 Å². The van der Waals surface area contributed by atoms with Gasteiger partial charge in [0.25, 0.3) is 5.91 Å². The monoisotopic (exact) mass is 388 g/mol. The first kappa shape index (κ1) is 21.1. The Balaban J connectivity index is 2.07. The van der Waals surface area contributed by atoms with Crippen molar-refractivity contribution in [3.63, 3.8) is 0 Å². The summed E-state index contributed by atoms with van der Waals surface area (Å²) in [5.41, 5.74) is 3.82. The summed E-state index contributed by atoms with van der Waals surface area (Å²) in [6.07, 6.45) is 0. The molecule has 1 N–H and O–H groups in total. The molecule has 0 aliphatic rings. The van der Waals surface area contributed by atoms with Crippen molar-refractivity contribution in [2.24, 2.45) is 0 Å². The minimum atomic E-state index is -3.25. The maximum absolute atomic E-state index is 12.0. The van der Waals surface area contributed by atoms with Crippen LogP contribution in [0.15, 0.2) is 48.5 Å². The largest absolute Gasteiger partial charge is 0.345 e. The average Bonchev–Trinajstić information content (AvgIpc) is 2.65. The third kappa shape index (κ3) is 5.40. The summed E-state index contributed by atoms with van der Waals surface area (Å²) < 4.78 is 26.4. The fourth-order valence-corrected chi connectivity index (χ4v) is 3.41. The van der Waals surface area contributed by atoms with Crippen molar-refractivity contribution >= 4 is 15.9 Å². The van der Waals surface area contributed by atoms with Gasteiger partial charge in [-0.15, -0.1) is 0 Å². The maximum atomic E-state index is 12.0. The van der Waals surface area contributed by atoms with Crippen molar-refractivity contribution in [1.29, 1.82) is 0 Å². The molecule has 0 saturated heterocycles. The van der Waals surface area contributed by atoms with Gasteiger partial charge in [-0.25, -0.2) is 13.1 Å². The molecule has 0 fully saturated rings. The van der Waals surface area contributed by atoms with Gasteiger partial charge in [-0.2, -0.15) is 0 Å². The van der Waals surface area contributed by atoms with Crippen LogP contribution in [0, 0.1) is 0 Å². The van der Waals surface area contributed by atoms with E-state index in [2.05, 4.69) is 4.72 Å². The van der Waals surface area contributed by atoms with E-state index in [1.54, 1.807) is 32.8 Å². The predicted molar refractivity (Wildman–Crippen MR) is 110 cm³/mol. The minimum absolute atomic E-state index is 0.0189. The third-order valence-corrected chi connectivity index (χ3v) is 6.37. The SMILES string of the molecule is CC(CNS(=O)(=O)C(C)C)c1ccc(-c2ccc(C(=O)N(C)C)cc2)cc1. The van der Waals surface area contributed by atoms with Crippen LogP contribution in [0.1, 0.15) is 42.6 Å². The van der Waals surface area contributed by atoms with Crippen LogP contribution >= 0.6 is 0 Å². The van der Waals surface area contributed by atoms with Gasteiger partial charge in [0.2, 0.25) is 10.0 Å². The van der Waals surface area contributed by atoms with Crippen molar-refractivity contribution in [3.05, 3.63) is 59.7 Å². The van der Waals surface area contributed by atoms with Crippen molar-refractivity contribution in [2.45, 2.75) is 31.9 Å². The highest BCUT2D eigenvalue weighted by molar-refractivity contribution is 7.90. The van der Waals surface area contributed by atoms with E-state index in [4.69, 9.17) is 0 Å². The lowest BCUT2D eigenvalue weighted by atomic mass is 9.97. The summed E-state index contributed by atoms with van der Waals surface area (Å²) in [4.78, 5) is 13.5. The summed E-state index contributed by atoms with van der Waals surface area (Å²) in [5, 5.41) is -0.436. The number of rotatable bonds is 7. The molecule has 0 saturated carbocycles. The van der Waals surface area contributed by atoms with E-state index in [0.717, 1.165) is 16.7 Å². The molecular weight excluding hydrogens is 360 g/mol. The molecule has 5 nitrogen and oxygen atoms in total. The molecule has 2 aromatic carbocycles. The van der Waals surface area contributed by atoms with Crippen LogP contribution in [-0.4, -0.2) is 45.1 Å². The molecule has 0 aliphatic heterocycles. The van der Waals surface area contributed by atoms with E-state index >= 15 is 0 Å². The Morgan fingerprint density at radius 2 is 1.41 bits per heavy atom. The Morgan fingerprint density at radius 1 is 0.926 bits per heavy atom. The molecular formula is C21H28N2O3S. The van der Waals surface area contributed by atoms with Gasteiger partial charge in [-0.05, 0) is 48.6 Å². The first-order valence-corrected chi connectivity index (χ1v) is 10.6. The number of benzene rings is 2. The Morgan fingerprint density at radius 3 is 1.85 bits per heavy atom. The van der Waals surface area contributed by atoms with Crippen LogP contribution < -0.4 is 4.72 Å². The molecule has 0 bridgehead atoms. The highest BCUT2D eigenvalue weighted by Gasteiger charge is 2.17. The second kappa shape index (κ2) is 8.67. The number of nitrogens with one attached hydrogen (secondary N) is 1. The van der Waals surface area contributed by atoms with Gasteiger partial charge in [0.05, 0.1) is 5.25 Å². The van der Waals surface area contributed by atoms with Gasteiger partial charge in [0.15, 0.2) is 0 Å². The van der Waals surface area contributed by atoms with Gasteiger partial charge in [0, 0.05) is 26.2 Å². The number of hydrogen-bond donors (Lipinski definition) is 1. The minimum Gasteiger partial charge on any atom is -0.345 e. The first-order valence-electron chi connectivity index (χ1n) is 9.02. The quantitative estimate of drug-likeness (QED) is 0.790. The zero-order valence-electron chi connectivity index (χ0n) is 16.6. The fraction of sp³-hybridized carbons (Fsp3) is 0.381.